The number of pyridine rings is 1. The molecule has 3 nitrogen and oxygen atoms in total. The van der Waals surface area contributed by atoms with Gasteiger partial charge in [0, 0.05) is 6.07 Å². The molecule has 1 aromatic heterocycles. The summed E-state index contributed by atoms with van der Waals surface area (Å²) in [6.07, 6.45) is -3.34. The minimum Gasteiger partial charge on any atom is -0.490 e. The van der Waals surface area contributed by atoms with E-state index in [1.807, 2.05) is 22.6 Å². The normalized spacial score (nSPS) is 12.8. The summed E-state index contributed by atoms with van der Waals surface area (Å²) in [4.78, 5) is 3.94. The molecule has 2 aromatic rings. The first-order chi connectivity index (χ1) is 11.7. The van der Waals surface area contributed by atoms with E-state index < -0.39 is 18.7 Å². The minimum atomic E-state index is -4.42. The predicted molar refractivity (Wildman–Crippen MR) is 98.7 cm³/mol. The molecule has 136 valence electrons. The summed E-state index contributed by atoms with van der Waals surface area (Å²) in [6.45, 7) is -0.534. The highest BCUT2D eigenvalue weighted by Gasteiger charge is 2.40. The molecule has 0 N–H and O–H groups in total. The fraction of sp³-hybridized carbons (Fsp3) is 0.312. The molecule has 0 radical (unpaired) electrons. The maximum atomic E-state index is 13.3. The maximum Gasteiger partial charge on any atom is 0.395 e. The summed E-state index contributed by atoms with van der Waals surface area (Å²) < 4.78 is 50.9. The van der Waals surface area contributed by atoms with Gasteiger partial charge in [0.25, 0.3) is 0 Å². The van der Waals surface area contributed by atoms with Crippen LogP contribution in [0.5, 0.6) is 11.6 Å². The van der Waals surface area contributed by atoms with Gasteiger partial charge in [0.05, 0.1) is 32.8 Å². The predicted octanol–water partition coefficient (Wildman–Crippen LogP) is 5.80. The van der Waals surface area contributed by atoms with Crippen LogP contribution in [-0.2, 0) is 6.42 Å². The van der Waals surface area contributed by atoms with Gasteiger partial charge in [0.15, 0.2) is 5.75 Å². The zero-order chi connectivity index (χ0) is 18.6. The van der Waals surface area contributed by atoms with Crippen molar-refractivity contribution >= 4 is 45.8 Å². The second-order valence-electron chi connectivity index (χ2n) is 5.16. The van der Waals surface area contributed by atoms with Gasteiger partial charge in [0.2, 0.25) is 5.88 Å². The van der Waals surface area contributed by atoms with Gasteiger partial charge in [-0.05, 0) is 46.7 Å². The number of benzene rings is 1. The van der Waals surface area contributed by atoms with E-state index in [4.69, 9.17) is 32.7 Å². The number of aromatic nitrogens is 1. The van der Waals surface area contributed by atoms with Crippen molar-refractivity contribution in [2.45, 2.75) is 12.6 Å². The molecule has 0 unspecified atom stereocenters. The molecule has 0 bridgehead atoms. The molecule has 0 aliphatic carbocycles. The van der Waals surface area contributed by atoms with E-state index in [9.17, 15) is 13.2 Å². The highest BCUT2D eigenvalue weighted by atomic mass is 127. The highest BCUT2D eigenvalue weighted by molar-refractivity contribution is 14.1. The van der Waals surface area contributed by atoms with Gasteiger partial charge in [0.1, 0.15) is 6.61 Å². The minimum absolute atomic E-state index is 0.218. The molecule has 0 saturated heterocycles. The largest absolute Gasteiger partial charge is 0.490 e. The first kappa shape index (κ1) is 20.4. The lowest BCUT2D eigenvalue weighted by molar-refractivity contribution is -0.181. The lowest BCUT2D eigenvalue weighted by Crippen LogP contribution is -2.30. The number of ether oxygens (including phenoxy) is 2. The van der Waals surface area contributed by atoms with Crippen molar-refractivity contribution in [1.82, 2.24) is 4.98 Å². The summed E-state index contributed by atoms with van der Waals surface area (Å²) >= 11 is 13.6. The molecule has 0 spiro atoms. The number of rotatable bonds is 6. The monoisotopic (exact) mass is 505 g/mol. The number of methoxy groups -OCH3 is 1. The van der Waals surface area contributed by atoms with E-state index in [0.29, 0.717) is 20.0 Å². The molecule has 25 heavy (non-hydrogen) atoms. The molecule has 9 heteroatoms. The van der Waals surface area contributed by atoms with E-state index in [1.54, 1.807) is 6.07 Å². The Hall–Kier alpha value is -0.930. The average Bonchev–Trinajstić information content (AvgIpc) is 2.54. The van der Waals surface area contributed by atoms with Crippen molar-refractivity contribution in [3.8, 4) is 11.6 Å². The first-order valence-electron chi connectivity index (χ1n) is 7.03. The van der Waals surface area contributed by atoms with Crippen LogP contribution in [0.15, 0.2) is 30.5 Å². The standard InChI is InChI=1S/C16H13Cl2F3INO2/c1-24-15-6-13(22)14(7-23-15)25-8-10(16(19,20)21)4-9-2-3-11(17)12(18)5-9/h2-3,5-7,10H,4,8H2,1H3/t10-/m1/s1. The van der Waals surface area contributed by atoms with Crippen LogP contribution in [0.3, 0.4) is 0 Å². The lowest BCUT2D eigenvalue weighted by Gasteiger charge is -2.21. The van der Waals surface area contributed by atoms with Crippen molar-refractivity contribution < 1.29 is 22.6 Å². The topological polar surface area (TPSA) is 31.4 Å². The fourth-order valence-electron chi connectivity index (χ4n) is 2.03. The van der Waals surface area contributed by atoms with E-state index in [1.165, 1.54) is 31.5 Å². The van der Waals surface area contributed by atoms with Crippen LogP contribution in [0.2, 0.25) is 10.0 Å². The lowest BCUT2D eigenvalue weighted by atomic mass is 9.99. The third-order valence-electron chi connectivity index (χ3n) is 3.37. The van der Waals surface area contributed by atoms with Gasteiger partial charge in [-0.3, -0.25) is 0 Å². The summed E-state index contributed by atoms with van der Waals surface area (Å²) in [5, 5.41) is 0.513. The summed E-state index contributed by atoms with van der Waals surface area (Å²) in [5.74, 6) is -1.06. The second-order valence-corrected chi connectivity index (χ2v) is 7.14. The zero-order valence-electron chi connectivity index (χ0n) is 12.9. The molecule has 1 aromatic carbocycles. The Bertz CT molecular complexity index is 744. The number of hydrogen-bond donors (Lipinski definition) is 0. The van der Waals surface area contributed by atoms with E-state index >= 15 is 0 Å². The van der Waals surface area contributed by atoms with Gasteiger partial charge < -0.3 is 9.47 Å². The fourth-order valence-corrected chi connectivity index (χ4v) is 2.91. The molecular weight excluding hydrogens is 493 g/mol. The van der Waals surface area contributed by atoms with E-state index in [-0.39, 0.29) is 17.2 Å². The van der Waals surface area contributed by atoms with Crippen LogP contribution in [0, 0.1) is 9.49 Å². The van der Waals surface area contributed by atoms with Crippen LogP contribution in [0.4, 0.5) is 13.2 Å². The molecule has 0 aliphatic rings. The van der Waals surface area contributed by atoms with Gasteiger partial charge in [-0.1, -0.05) is 29.3 Å². The third kappa shape index (κ3) is 5.79. The van der Waals surface area contributed by atoms with Crippen molar-refractivity contribution in [1.29, 1.82) is 0 Å². The van der Waals surface area contributed by atoms with E-state index in [0.717, 1.165) is 0 Å². The third-order valence-corrected chi connectivity index (χ3v) is 4.95. The molecular formula is C16H13Cl2F3INO2. The van der Waals surface area contributed by atoms with Crippen molar-refractivity contribution in [2.75, 3.05) is 13.7 Å². The van der Waals surface area contributed by atoms with Crippen molar-refractivity contribution in [3.63, 3.8) is 0 Å². The Morgan fingerprint density at radius 2 is 1.92 bits per heavy atom. The summed E-state index contributed by atoms with van der Waals surface area (Å²) in [6, 6.07) is 6.01. The molecule has 0 fully saturated rings. The zero-order valence-corrected chi connectivity index (χ0v) is 16.6. The smallest absolute Gasteiger partial charge is 0.395 e. The van der Waals surface area contributed by atoms with Gasteiger partial charge >= 0.3 is 6.18 Å². The maximum absolute atomic E-state index is 13.3. The van der Waals surface area contributed by atoms with E-state index in [2.05, 4.69) is 4.98 Å². The number of hydrogen-bond acceptors (Lipinski definition) is 3. The second kappa shape index (κ2) is 8.64. The molecule has 1 atom stereocenters. The van der Waals surface area contributed by atoms with Crippen LogP contribution in [0.1, 0.15) is 5.56 Å². The van der Waals surface area contributed by atoms with Gasteiger partial charge in [-0.2, -0.15) is 13.2 Å². The highest BCUT2D eigenvalue weighted by Crippen LogP contribution is 2.32. The quantitative estimate of drug-likeness (QED) is 0.465. The molecule has 1 heterocycles. The number of alkyl halides is 3. The van der Waals surface area contributed by atoms with Crippen LogP contribution < -0.4 is 9.47 Å². The number of halogens is 6. The molecule has 0 amide bonds. The Labute approximate surface area is 166 Å². The Balaban J connectivity index is 2.12. The van der Waals surface area contributed by atoms with Gasteiger partial charge in [-0.25, -0.2) is 4.98 Å². The average molecular weight is 506 g/mol. The van der Waals surface area contributed by atoms with Crippen LogP contribution >= 0.6 is 45.8 Å². The SMILES string of the molecule is COc1cc(I)c(OC[C@@H](Cc2ccc(Cl)c(Cl)c2)C(F)(F)F)cn1. The first-order valence-corrected chi connectivity index (χ1v) is 8.87. The molecule has 0 aliphatic heterocycles. The molecule has 0 saturated carbocycles. The van der Waals surface area contributed by atoms with Crippen molar-refractivity contribution in [2.24, 2.45) is 5.92 Å². The van der Waals surface area contributed by atoms with Crippen molar-refractivity contribution in [3.05, 3.63) is 49.6 Å². The van der Waals surface area contributed by atoms with Gasteiger partial charge in [-0.15, -0.1) is 0 Å². The number of nitrogens with zero attached hydrogens (tertiary/aromatic N) is 1. The van der Waals surface area contributed by atoms with Crippen LogP contribution in [0.25, 0.3) is 0 Å². The Kier molecular flexibility index (Phi) is 7.04. The summed E-state index contributed by atoms with van der Waals surface area (Å²) in [5.41, 5.74) is 0.433. The summed E-state index contributed by atoms with van der Waals surface area (Å²) in [7, 11) is 1.45. The Morgan fingerprint density at radius 3 is 2.48 bits per heavy atom. The Morgan fingerprint density at radius 1 is 1.20 bits per heavy atom. The molecule has 2 rings (SSSR count). The van der Waals surface area contributed by atoms with Crippen LogP contribution in [-0.4, -0.2) is 24.9 Å².